The molecular weight excluding hydrogens is 360 g/mol. The Morgan fingerprint density at radius 3 is 3.00 bits per heavy atom. The van der Waals surface area contributed by atoms with Gasteiger partial charge in [-0.15, -0.1) is 12.4 Å². The number of halogens is 1. The fraction of sp³-hybridized carbons (Fsp3) is 0.471. The van der Waals surface area contributed by atoms with Crippen molar-refractivity contribution in [3.05, 3.63) is 40.4 Å². The fourth-order valence-electron chi connectivity index (χ4n) is 2.89. The number of rotatable bonds is 5. The van der Waals surface area contributed by atoms with E-state index in [4.69, 9.17) is 0 Å². The number of carbonyl (C=O) groups is 1. The number of thioether (sulfide) groups is 1. The zero-order chi connectivity index (χ0) is 16.9. The highest BCUT2D eigenvalue weighted by molar-refractivity contribution is 7.98. The molecule has 0 aliphatic carbocycles. The van der Waals surface area contributed by atoms with E-state index in [0.717, 1.165) is 25.4 Å². The third-order valence-electron chi connectivity index (χ3n) is 4.18. The Morgan fingerprint density at radius 2 is 2.20 bits per heavy atom. The lowest BCUT2D eigenvalue weighted by atomic mass is 10.2. The van der Waals surface area contributed by atoms with Crippen LogP contribution in [-0.4, -0.2) is 52.2 Å². The molecule has 2 aromatic rings. The number of nitrogens with zero attached hydrogens (tertiary/aromatic N) is 2. The molecule has 1 aromatic carbocycles. The molecule has 2 heterocycles. The number of benzene rings is 1. The van der Waals surface area contributed by atoms with Crippen LogP contribution in [0, 0.1) is 0 Å². The van der Waals surface area contributed by atoms with Crippen LogP contribution in [0.3, 0.4) is 0 Å². The third-order valence-corrected chi connectivity index (χ3v) is 5.15. The first-order valence-electron chi connectivity index (χ1n) is 8.21. The summed E-state index contributed by atoms with van der Waals surface area (Å²) in [6.07, 6.45) is 0.521. The van der Waals surface area contributed by atoms with Gasteiger partial charge in [0.15, 0.2) is 0 Å². The summed E-state index contributed by atoms with van der Waals surface area (Å²) >= 11 is 1.62. The molecule has 2 N–H and O–H groups in total. The molecule has 0 radical (unpaired) electrons. The molecule has 1 saturated heterocycles. The number of hydrogen-bond acceptors (Lipinski definition) is 5. The van der Waals surface area contributed by atoms with Crippen LogP contribution < -0.4 is 10.9 Å². The van der Waals surface area contributed by atoms with E-state index in [1.807, 2.05) is 23.1 Å². The number of aromatic amines is 1. The average molecular weight is 383 g/mol. The van der Waals surface area contributed by atoms with Crippen molar-refractivity contribution in [1.82, 2.24) is 20.2 Å². The van der Waals surface area contributed by atoms with Crippen LogP contribution >= 0.6 is 24.2 Å². The minimum Gasteiger partial charge on any atom is -0.337 e. The molecule has 1 aliphatic rings. The minimum atomic E-state index is -0.109. The smallest absolute Gasteiger partial charge is 0.258 e. The molecular formula is C17H23ClN4O2S. The largest absolute Gasteiger partial charge is 0.337 e. The van der Waals surface area contributed by atoms with Gasteiger partial charge in [0.2, 0.25) is 5.91 Å². The second-order valence-electron chi connectivity index (χ2n) is 5.97. The molecule has 1 unspecified atom stereocenters. The number of nitrogens with one attached hydrogen (secondary N) is 2. The highest BCUT2D eigenvalue weighted by Gasteiger charge is 2.22. The molecule has 6 nitrogen and oxygen atoms in total. The van der Waals surface area contributed by atoms with Gasteiger partial charge in [0.25, 0.3) is 5.56 Å². The van der Waals surface area contributed by atoms with Gasteiger partial charge in [0.1, 0.15) is 5.82 Å². The third kappa shape index (κ3) is 4.96. The Hall–Kier alpha value is -1.57. The lowest BCUT2D eigenvalue weighted by Crippen LogP contribution is -2.52. The lowest BCUT2D eigenvalue weighted by molar-refractivity contribution is -0.133. The van der Waals surface area contributed by atoms with Crippen LogP contribution in [0.2, 0.25) is 0 Å². The van der Waals surface area contributed by atoms with E-state index in [1.165, 1.54) is 0 Å². The maximum absolute atomic E-state index is 12.3. The average Bonchev–Trinajstić information content (AvgIpc) is 2.59. The van der Waals surface area contributed by atoms with Crippen molar-refractivity contribution in [2.75, 3.05) is 25.4 Å². The van der Waals surface area contributed by atoms with Gasteiger partial charge in [-0.25, -0.2) is 4.98 Å². The number of amides is 1. The SMILES string of the molecule is CC1CNCCN1C(=O)CCSCc1nc2ccccc2c(=O)[nH]1.Cl. The highest BCUT2D eigenvalue weighted by atomic mass is 35.5. The van der Waals surface area contributed by atoms with Gasteiger partial charge in [-0.2, -0.15) is 11.8 Å². The van der Waals surface area contributed by atoms with Crippen LogP contribution in [-0.2, 0) is 10.5 Å². The van der Waals surface area contributed by atoms with Gasteiger partial charge in [0, 0.05) is 37.8 Å². The number of hydrogen-bond donors (Lipinski definition) is 2. The van der Waals surface area contributed by atoms with E-state index in [1.54, 1.807) is 17.8 Å². The number of carbonyl (C=O) groups excluding carboxylic acids is 1. The van der Waals surface area contributed by atoms with E-state index < -0.39 is 0 Å². The van der Waals surface area contributed by atoms with Crippen molar-refractivity contribution in [3.63, 3.8) is 0 Å². The Kier molecular flexibility index (Phi) is 7.28. The predicted octanol–water partition coefficient (Wildman–Crippen LogP) is 1.79. The summed E-state index contributed by atoms with van der Waals surface area (Å²) in [6.45, 7) is 4.58. The van der Waals surface area contributed by atoms with Crippen molar-refractivity contribution >= 4 is 41.0 Å². The van der Waals surface area contributed by atoms with Crippen molar-refractivity contribution in [2.45, 2.75) is 25.1 Å². The Balaban J connectivity index is 0.00000225. The zero-order valence-electron chi connectivity index (χ0n) is 14.2. The number of piperazine rings is 1. The van der Waals surface area contributed by atoms with E-state index in [2.05, 4.69) is 22.2 Å². The van der Waals surface area contributed by atoms with E-state index in [-0.39, 0.29) is 29.9 Å². The van der Waals surface area contributed by atoms with Gasteiger partial charge in [0.05, 0.1) is 16.7 Å². The van der Waals surface area contributed by atoms with Crippen molar-refractivity contribution in [1.29, 1.82) is 0 Å². The molecule has 1 aliphatic heterocycles. The van der Waals surface area contributed by atoms with Gasteiger partial charge in [-0.3, -0.25) is 9.59 Å². The summed E-state index contributed by atoms with van der Waals surface area (Å²) in [4.78, 5) is 33.5. The molecule has 1 atom stereocenters. The van der Waals surface area contributed by atoms with Crippen molar-refractivity contribution in [2.24, 2.45) is 0 Å². The summed E-state index contributed by atoms with van der Waals surface area (Å²) in [7, 11) is 0. The fourth-order valence-corrected chi connectivity index (χ4v) is 3.68. The summed E-state index contributed by atoms with van der Waals surface area (Å²) in [5, 5.41) is 3.89. The molecule has 8 heteroatoms. The summed E-state index contributed by atoms with van der Waals surface area (Å²) in [5.74, 6) is 2.19. The molecule has 0 spiro atoms. The normalized spacial score (nSPS) is 17.3. The Bertz CT molecular complexity index is 783. The first kappa shape index (κ1) is 19.8. The molecule has 3 rings (SSSR count). The number of aromatic nitrogens is 2. The summed E-state index contributed by atoms with van der Waals surface area (Å²) < 4.78 is 0. The second kappa shape index (κ2) is 9.22. The van der Waals surface area contributed by atoms with Crippen molar-refractivity contribution in [3.8, 4) is 0 Å². The summed E-state index contributed by atoms with van der Waals surface area (Å²) in [5.41, 5.74) is 0.601. The number of fused-ring (bicyclic) bond motifs is 1. The van der Waals surface area contributed by atoms with Crippen LogP contribution in [0.25, 0.3) is 10.9 Å². The van der Waals surface area contributed by atoms with E-state index in [9.17, 15) is 9.59 Å². The maximum atomic E-state index is 12.3. The Labute approximate surface area is 157 Å². The standard InChI is InChI=1S/C17H22N4O2S.ClH/c1-12-10-18-7-8-21(12)16(22)6-9-24-11-15-19-14-5-3-2-4-13(14)17(23)20-15;/h2-5,12,18H,6-11H2,1H3,(H,19,20,23);1H. The monoisotopic (exact) mass is 382 g/mol. The number of para-hydroxylation sites is 1. The maximum Gasteiger partial charge on any atom is 0.258 e. The first-order chi connectivity index (χ1) is 11.6. The molecule has 1 amide bonds. The predicted molar refractivity (Wildman–Crippen MR) is 104 cm³/mol. The van der Waals surface area contributed by atoms with Crippen LogP contribution in [0.4, 0.5) is 0 Å². The Morgan fingerprint density at radius 1 is 1.40 bits per heavy atom. The van der Waals surface area contributed by atoms with Gasteiger partial charge in [-0.1, -0.05) is 12.1 Å². The second-order valence-corrected chi connectivity index (χ2v) is 7.08. The lowest BCUT2D eigenvalue weighted by Gasteiger charge is -2.34. The zero-order valence-corrected chi connectivity index (χ0v) is 15.8. The quantitative estimate of drug-likeness (QED) is 0.771. The highest BCUT2D eigenvalue weighted by Crippen LogP contribution is 2.13. The molecule has 1 fully saturated rings. The summed E-state index contributed by atoms with van der Waals surface area (Å²) in [6, 6.07) is 7.57. The molecule has 1 aromatic heterocycles. The van der Waals surface area contributed by atoms with Gasteiger partial charge in [-0.05, 0) is 19.1 Å². The topological polar surface area (TPSA) is 78.1 Å². The van der Waals surface area contributed by atoms with E-state index >= 15 is 0 Å². The number of H-pyrrole nitrogens is 1. The van der Waals surface area contributed by atoms with E-state index in [0.29, 0.717) is 28.9 Å². The molecule has 0 saturated carbocycles. The molecule has 25 heavy (non-hydrogen) atoms. The first-order valence-corrected chi connectivity index (χ1v) is 9.36. The van der Waals surface area contributed by atoms with Crippen molar-refractivity contribution < 1.29 is 4.79 Å². The van der Waals surface area contributed by atoms with Gasteiger partial charge >= 0.3 is 0 Å². The van der Waals surface area contributed by atoms with Crippen LogP contribution in [0.1, 0.15) is 19.2 Å². The van der Waals surface area contributed by atoms with Crippen LogP contribution in [0.15, 0.2) is 29.1 Å². The van der Waals surface area contributed by atoms with Gasteiger partial charge < -0.3 is 15.2 Å². The minimum absolute atomic E-state index is 0. The molecule has 0 bridgehead atoms. The van der Waals surface area contributed by atoms with Crippen LogP contribution in [0.5, 0.6) is 0 Å². The molecule has 136 valence electrons.